The molecule has 0 spiro atoms. The molecule has 0 aliphatic carbocycles. The first-order chi connectivity index (χ1) is 20.3. The molecule has 4 aromatic rings. The molecule has 4 aromatic carbocycles. The van der Waals surface area contributed by atoms with E-state index in [4.69, 9.17) is 24.7 Å². The lowest BCUT2D eigenvalue weighted by Gasteiger charge is -2.27. The van der Waals surface area contributed by atoms with Crippen molar-refractivity contribution in [1.29, 1.82) is 5.26 Å². The van der Waals surface area contributed by atoms with Gasteiger partial charge in [0.1, 0.15) is 29.7 Å². The number of rotatable bonds is 8. The van der Waals surface area contributed by atoms with Crippen LogP contribution >= 0.6 is 0 Å². The topological polar surface area (TPSA) is 104 Å². The fourth-order valence-electron chi connectivity index (χ4n) is 4.66. The van der Waals surface area contributed by atoms with Gasteiger partial charge in [0.05, 0.1) is 13.0 Å². The largest absolute Gasteiger partial charge is 0.493 e. The quantitative estimate of drug-likeness (QED) is 0.145. The van der Waals surface area contributed by atoms with Crippen molar-refractivity contribution in [2.45, 2.75) is 26.4 Å². The van der Waals surface area contributed by atoms with Crippen molar-refractivity contribution in [2.75, 3.05) is 7.11 Å². The molecule has 1 heterocycles. The number of benzene rings is 4. The van der Waals surface area contributed by atoms with Gasteiger partial charge in [0.25, 0.3) is 0 Å². The molecule has 0 fully saturated rings. The second kappa shape index (κ2) is 12.4. The first-order valence-electron chi connectivity index (χ1n) is 13.4. The molecule has 1 aliphatic rings. The van der Waals surface area contributed by atoms with Crippen LogP contribution in [-0.2, 0) is 11.4 Å². The van der Waals surface area contributed by atoms with Crippen molar-refractivity contribution in [3.8, 4) is 29.1 Å². The summed E-state index contributed by atoms with van der Waals surface area (Å²) in [4.78, 5) is 12.5. The number of fused-ring (bicyclic) bond motifs is 1. The Morgan fingerprint density at radius 1 is 0.952 bits per heavy atom. The maximum absolute atomic E-state index is 12.5. The van der Waals surface area contributed by atoms with Crippen molar-refractivity contribution < 1.29 is 23.7 Å². The lowest BCUT2D eigenvalue weighted by molar-refractivity contribution is -0.128. The number of carbonyl (C=O) groups is 1. The van der Waals surface area contributed by atoms with Gasteiger partial charge in [-0.2, -0.15) is 5.26 Å². The molecule has 7 nitrogen and oxygen atoms in total. The lowest BCUT2D eigenvalue weighted by Crippen LogP contribution is -2.21. The molecule has 1 atom stereocenters. The van der Waals surface area contributed by atoms with Gasteiger partial charge in [-0.3, -0.25) is 0 Å². The van der Waals surface area contributed by atoms with E-state index in [1.807, 2.05) is 80.6 Å². The SMILES string of the molecule is COc1cc(C2C(C#N)=C(N)Oc3cc(OC(=O)/C=C/c4ccc(C)cc4)ccc32)ccc1OCc1ccc(C)cc1. The van der Waals surface area contributed by atoms with Gasteiger partial charge >= 0.3 is 5.97 Å². The highest BCUT2D eigenvalue weighted by Gasteiger charge is 2.31. The Morgan fingerprint density at radius 2 is 1.67 bits per heavy atom. The summed E-state index contributed by atoms with van der Waals surface area (Å²) in [7, 11) is 1.57. The van der Waals surface area contributed by atoms with Gasteiger partial charge < -0.3 is 24.7 Å². The molecule has 7 heteroatoms. The van der Waals surface area contributed by atoms with Crippen LogP contribution in [0.2, 0.25) is 0 Å². The molecule has 0 amide bonds. The highest BCUT2D eigenvalue weighted by Crippen LogP contribution is 2.45. The Morgan fingerprint density at radius 3 is 2.36 bits per heavy atom. The van der Waals surface area contributed by atoms with Crippen LogP contribution in [0.5, 0.6) is 23.0 Å². The summed E-state index contributed by atoms with van der Waals surface area (Å²) in [5, 5.41) is 9.97. The zero-order valence-corrected chi connectivity index (χ0v) is 23.6. The van der Waals surface area contributed by atoms with E-state index in [9.17, 15) is 10.1 Å². The molecule has 210 valence electrons. The maximum atomic E-state index is 12.5. The monoisotopic (exact) mass is 558 g/mol. The summed E-state index contributed by atoms with van der Waals surface area (Å²) in [6.45, 7) is 4.42. The van der Waals surface area contributed by atoms with Crippen molar-refractivity contribution in [2.24, 2.45) is 5.73 Å². The van der Waals surface area contributed by atoms with E-state index in [-0.39, 0.29) is 17.2 Å². The van der Waals surface area contributed by atoms with Crippen LogP contribution < -0.4 is 24.7 Å². The van der Waals surface area contributed by atoms with Crippen molar-refractivity contribution in [3.05, 3.63) is 136 Å². The Labute approximate surface area is 245 Å². The van der Waals surface area contributed by atoms with Crippen LogP contribution in [0, 0.1) is 25.2 Å². The number of hydrogen-bond acceptors (Lipinski definition) is 7. The Bertz CT molecular complexity index is 1710. The molecular weight excluding hydrogens is 528 g/mol. The third kappa shape index (κ3) is 6.29. The highest BCUT2D eigenvalue weighted by atomic mass is 16.5. The van der Waals surface area contributed by atoms with Crippen molar-refractivity contribution in [3.63, 3.8) is 0 Å². The summed E-state index contributed by atoms with van der Waals surface area (Å²) in [6, 6.07) is 28.7. The smallest absolute Gasteiger partial charge is 0.336 e. The first-order valence-corrected chi connectivity index (χ1v) is 13.4. The van der Waals surface area contributed by atoms with Gasteiger partial charge in [-0.15, -0.1) is 0 Å². The average Bonchev–Trinajstić information content (AvgIpc) is 2.99. The summed E-state index contributed by atoms with van der Waals surface area (Å²) in [5.41, 5.74) is 12.2. The van der Waals surface area contributed by atoms with Crippen LogP contribution in [-0.4, -0.2) is 13.1 Å². The molecule has 0 radical (unpaired) electrons. The van der Waals surface area contributed by atoms with Crippen LogP contribution in [0.3, 0.4) is 0 Å². The van der Waals surface area contributed by atoms with E-state index in [1.54, 1.807) is 31.4 Å². The molecule has 2 N–H and O–H groups in total. The van der Waals surface area contributed by atoms with Crippen LogP contribution in [0.25, 0.3) is 6.08 Å². The zero-order valence-electron chi connectivity index (χ0n) is 23.6. The number of methoxy groups -OCH3 is 1. The van der Waals surface area contributed by atoms with Crippen molar-refractivity contribution >= 4 is 12.0 Å². The second-order valence-corrected chi connectivity index (χ2v) is 9.97. The standard InChI is InChI=1S/C35H30N2O5/c1-22-4-8-24(9-5-22)12-17-33(38)41-27-14-15-28-31(19-27)42-35(37)29(20-36)34(28)26-13-16-30(32(18-26)39-3)40-21-25-10-6-23(2)7-11-25/h4-19,34H,21,37H2,1-3H3/b17-12+. The summed E-state index contributed by atoms with van der Waals surface area (Å²) < 4.78 is 23.0. The van der Waals surface area contributed by atoms with Crippen LogP contribution in [0.1, 0.15) is 39.3 Å². The minimum absolute atomic E-state index is 0.0172. The minimum Gasteiger partial charge on any atom is -0.493 e. The molecule has 0 saturated carbocycles. The molecule has 0 saturated heterocycles. The van der Waals surface area contributed by atoms with Crippen molar-refractivity contribution in [1.82, 2.24) is 0 Å². The minimum atomic E-state index is -0.532. The maximum Gasteiger partial charge on any atom is 0.336 e. The highest BCUT2D eigenvalue weighted by molar-refractivity contribution is 5.88. The Kier molecular flexibility index (Phi) is 8.26. The molecular formula is C35H30N2O5. The Hall–Kier alpha value is -5.48. The lowest BCUT2D eigenvalue weighted by atomic mass is 9.83. The molecule has 0 bridgehead atoms. The number of ether oxygens (including phenoxy) is 4. The number of aryl methyl sites for hydroxylation is 2. The van der Waals surface area contributed by atoms with E-state index in [1.165, 1.54) is 11.6 Å². The fourth-order valence-corrected chi connectivity index (χ4v) is 4.66. The van der Waals surface area contributed by atoms with Gasteiger partial charge in [0.2, 0.25) is 5.88 Å². The van der Waals surface area contributed by atoms with Crippen LogP contribution in [0.15, 0.2) is 102 Å². The van der Waals surface area contributed by atoms with Gasteiger partial charge in [0.15, 0.2) is 11.5 Å². The molecule has 1 aliphatic heterocycles. The summed E-state index contributed by atoms with van der Waals surface area (Å²) >= 11 is 0. The van der Waals surface area contributed by atoms with E-state index in [0.717, 1.165) is 22.3 Å². The Balaban J connectivity index is 1.38. The number of nitrogens with zero attached hydrogens (tertiary/aromatic N) is 1. The zero-order chi connectivity index (χ0) is 29.6. The summed E-state index contributed by atoms with van der Waals surface area (Å²) in [6.07, 6.45) is 3.05. The summed E-state index contributed by atoms with van der Waals surface area (Å²) in [5.74, 6) is 0.705. The van der Waals surface area contributed by atoms with E-state index >= 15 is 0 Å². The van der Waals surface area contributed by atoms with Gasteiger partial charge in [-0.05, 0) is 54.8 Å². The number of allylic oxidation sites excluding steroid dienone is 1. The molecule has 5 rings (SSSR count). The van der Waals surface area contributed by atoms with Gasteiger partial charge in [0, 0.05) is 17.7 Å². The molecule has 0 aromatic heterocycles. The number of esters is 1. The van der Waals surface area contributed by atoms with Gasteiger partial charge in [-0.25, -0.2) is 4.79 Å². The van der Waals surface area contributed by atoms with Crippen LogP contribution in [0.4, 0.5) is 0 Å². The average molecular weight is 559 g/mol. The normalized spacial score (nSPS) is 14.1. The van der Waals surface area contributed by atoms with E-state index in [2.05, 4.69) is 6.07 Å². The number of hydrogen-bond donors (Lipinski definition) is 1. The fraction of sp³-hybridized carbons (Fsp3) is 0.143. The first kappa shape index (κ1) is 28.1. The number of nitriles is 1. The predicted molar refractivity (Wildman–Crippen MR) is 160 cm³/mol. The third-order valence-electron chi connectivity index (χ3n) is 6.93. The van der Waals surface area contributed by atoms with Gasteiger partial charge in [-0.1, -0.05) is 71.8 Å². The van der Waals surface area contributed by atoms with E-state index in [0.29, 0.717) is 29.4 Å². The van der Waals surface area contributed by atoms with E-state index < -0.39 is 11.9 Å². The molecule has 42 heavy (non-hydrogen) atoms. The third-order valence-corrected chi connectivity index (χ3v) is 6.93. The molecule has 1 unspecified atom stereocenters. The number of nitrogens with two attached hydrogens (primary N) is 1. The second-order valence-electron chi connectivity index (χ2n) is 9.97. The number of carbonyl (C=O) groups excluding carboxylic acids is 1. The predicted octanol–water partition coefficient (Wildman–Crippen LogP) is 6.73.